The lowest BCUT2D eigenvalue weighted by atomic mass is 10.0. The van der Waals surface area contributed by atoms with E-state index in [0.717, 1.165) is 12.5 Å². The van der Waals surface area contributed by atoms with E-state index >= 15 is 0 Å². The van der Waals surface area contributed by atoms with Crippen LogP contribution in [0.4, 0.5) is 0 Å². The smallest absolute Gasteiger partial charge is 0.0122 e. The first-order chi connectivity index (χ1) is 5.02. The summed E-state index contributed by atoms with van der Waals surface area (Å²) in [5.74, 6) is 0.806. The Morgan fingerprint density at radius 2 is 1.82 bits per heavy atom. The van der Waals surface area contributed by atoms with Gasteiger partial charge in [0, 0.05) is 5.54 Å². The number of rotatable bonds is 5. The van der Waals surface area contributed by atoms with Gasteiger partial charge < -0.3 is 5.32 Å². The van der Waals surface area contributed by atoms with E-state index in [9.17, 15) is 0 Å². The standard InChI is InChI=1S/C10H23N/c1-6-9(3)8-11-10(4,5)7-2/h9,11H,6-8H2,1-5H3. The molecule has 1 unspecified atom stereocenters. The molecule has 0 aliphatic heterocycles. The molecule has 1 nitrogen and oxygen atoms in total. The minimum atomic E-state index is 0.323. The van der Waals surface area contributed by atoms with E-state index < -0.39 is 0 Å². The Bertz CT molecular complexity index is 97.0. The van der Waals surface area contributed by atoms with Crippen molar-refractivity contribution in [1.82, 2.24) is 5.32 Å². The number of nitrogens with one attached hydrogen (secondary N) is 1. The van der Waals surface area contributed by atoms with Crippen LogP contribution in [0.2, 0.25) is 0 Å². The summed E-state index contributed by atoms with van der Waals surface area (Å²) in [6, 6.07) is 0. The third-order valence-electron chi connectivity index (χ3n) is 2.51. The fourth-order valence-electron chi connectivity index (χ4n) is 0.720. The van der Waals surface area contributed by atoms with Crippen LogP contribution in [0.15, 0.2) is 0 Å². The zero-order chi connectivity index (χ0) is 8.91. The van der Waals surface area contributed by atoms with Crippen LogP contribution >= 0.6 is 0 Å². The van der Waals surface area contributed by atoms with Gasteiger partial charge in [-0.2, -0.15) is 0 Å². The largest absolute Gasteiger partial charge is 0.312 e. The van der Waals surface area contributed by atoms with Crippen molar-refractivity contribution >= 4 is 0 Å². The summed E-state index contributed by atoms with van der Waals surface area (Å²) in [4.78, 5) is 0. The fourth-order valence-corrected chi connectivity index (χ4v) is 0.720. The van der Waals surface area contributed by atoms with Crippen LogP contribution < -0.4 is 5.32 Å². The van der Waals surface area contributed by atoms with Gasteiger partial charge in [-0.3, -0.25) is 0 Å². The average Bonchev–Trinajstić information content (AvgIpc) is 2.00. The first-order valence-corrected chi connectivity index (χ1v) is 4.77. The monoisotopic (exact) mass is 157 g/mol. The van der Waals surface area contributed by atoms with Crippen LogP contribution in [-0.2, 0) is 0 Å². The van der Waals surface area contributed by atoms with Crippen molar-refractivity contribution in [3.63, 3.8) is 0 Å². The zero-order valence-corrected chi connectivity index (χ0v) is 8.70. The fraction of sp³-hybridized carbons (Fsp3) is 1.00. The number of hydrogen-bond donors (Lipinski definition) is 1. The zero-order valence-electron chi connectivity index (χ0n) is 8.70. The van der Waals surface area contributed by atoms with E-state index in [1.54, 1.807) is 0 Å². The third-order valence-corrected chi connectivity index (χ3v) is 2.51. The highest BCUT2D eigenvalue weighted by molar-refractivity contribution is 4.75. The summed E-state index contributed by atoms with van der Waals surface area (Å²) in [5, 5.41) is 3.56. The molecule has 1 heteroatoms. The van der Waals surface area contributed by atoms with Crippen LogP contribution in [0.5, 0.6) is 0 Å². The maximum Gasteiger partial charge on any atom is 0.0122 e. The molecule has 0 saturated heterocycles. The van der Waals surface area contributed by atoms with E-state index in [0.29, 0.717) is 5.54 Å². The minimum absolute atomic E-state index is 0.323. The molecule has 0 saturated carbocycles. The average molecular weight is 157 g/mol. The first kappa shape index (κ1) is 11.0. The Morgan fingerprint density at radius 3 is 2.18 bits per heavy atom. The van der Waals surface area contributed by atoms with Gasteiger partial charge in [0.2, 0.25) is 0 Å². The highest BCUT2D eigenvalue weighted by Gasteiger charge is 2.13. The SMILES string of the molecule is CCC(C)CNC(C)(C)CC. The van der Waals surface area contributed by atoms with Gasteiger partial charge in [0.05, 0.1) is 0 Å². The maximum absolute atomic E-state index is 3.56. The molecule has 0 bridgehead atoms. The molecular weight excluding hydrogens is 134 g/mol. The topological polar surface area (TPSA) is 12.0 Å². The van der Waals surface area contributed by atoms with Gasteiger partial charge >= 0.3 is 0 Å². The molecule has 0 spiro atoms. The number of hydrogen-bond acceptors (Lipinski definition) is 1. The Kier molecular flexibility index (Phi) is 4.74. The lowest BCUT2D eigenvalue weighted by molar-refractivity contribution is 0.343. The van der Waals surface area contributed by atoms with E-state index in [-0.39, 0.29) is 0 Å². The molecule has 0 rings (SSSR count). The highest BCUT2D eigenvalue weighted by Crippen LogP contribution is 2.08. The molecule has 0 aromatic carbocycles. The molecule has 0 aliphatic carbocycles. The van der Waals surface area contributed by atoms with Gasteiger partial charge in [0.25, 0.3) is 0 Å². The molecule has 0 aromatic rings. The summed E-state index contributed by atoms with van der Waals surface area (Å²) in [6.07, 6.45) is 2.47. The van der Waals surface area contributed by atoms with Crippen LogP contribution in [-0.4, -0.2) is 12.1 Å². The van der Waals surface area contributed by atoms with E-state index in [4.69, 9.17) is 0 Å². The predicted octanol–water partition coefficient (Wildman–Crippen LogP) is 2.81. The molecule has 0 heterocycles. The molecule has 1 N–H and O–H groups in total. The van der Waals surface area contributed by atoms with Gasteiger partial charge in [-0.1, -0.05) is 27.2 Å². The summed E-state index contributed by atoms with van der Waals surface area (Å²) in [7, 11) is 0. The van der Waals surface area contributed by atoms with Crippen molar-refractivity contribution in [2.75, 3.05) is 6.54 Å². The Labute approximate surface area is 71.6 Å². The van der Waals surface area contributed by atoms with Gasteiger partial charge in [0.1, 0.15) is 0 Å². The molecule has 11 heavy (non-hydrogen) atoms. The molecule has 0 aromatic heterocycles. The summed E-state index contributed by atoms with van der Waals surface area (Å²) in [5.41, 5.74) is 0.323. The second-order valence-corrected chi connectivity index (χ2v) is 4.13. The second-order valence-electron chi connectivity index (χ2n) is 4.13. The normalized spacial score (nSPS) is 15.0. The highest BCUT2D eigenvalue weighted by atomic mass is 14.9. The minimum Gasteiger partial charge on any atom is -0.312 e. The molecular formula is C10H23N. The first-order valence-electron chi connectivity index (χ1n) is 4.77. The van der Waals surface area contributed by atoms with Crippen molar-refractivity contribution in [2.24, 2.45) is 5.92 Å². The van der Waals surface area contributed by atoms with Gasteiger partial charge in [0.15, 0.2) is 0 Å². The molecule has 1 atom stereocenters. The van der Waals surface area contributed by atoms with Crippen LogP contribution in [0, 0.1) is 5.92 Å². The van der Waals surface area contributed by atoms with Crippen molar-refractivity contribution in [3.8, 4) is 0 Å². The lowest BCUT2D eigenvalue weighted by Gasteiger charge is -2.26. The van der Waals surface area contributed by atoms with E-state index in [1.165, 1.54) is 12.8 Å². The van der Waals surface area contributed by atoms with Gasteiger partial charge in [-0.05, 0) is 32.7 Å². The Morgan fingerprint density at radius 1 is 1.27 bits per heavy atom. The summed E-state index contributed by atoms with van der Waals surface area (Å²) >= 11 is 0. The summed E-state index contributed by atoms with van der Waals surface area (Å²) < 4.78 is 0. The van der Waals surface area contributed by atoms with E-state index in [1.807, 2.05) is 0 Å². The van der Waals surface area contributed by atoms with E-state index in [2.05, 4.69) is 39.9 Å². The maximum atomic E-state index is 3.56. The van der Waals surface area contributed by atoms with Crippen molar-refractivity contribution in [1.29, 1.82) is 0 Å². The molecule has 0 amide bonds. The Balaban J connectivity index is 3.52. The third kappa shape index (κ3) is 5.25. The Hall–Kier alpha value is -0.0400. The van der Waals surface area contributed by atoms with Crippen molar-refractivity contribution in [2.45, 2.75) is 53.0 Å². The second kappa shape index (κ2) is 4.76. The van der Waals surface area contributed by atoms with Gasteiger partial charge in [-0.25, -0.2) is 0 Å². The van der Waals surface area contributed by atoms with Crippen LogP contribution in [0.3, 0.4) is 0 Å². The summed E-state index contributed by atoms with van der Waals surface area (Å²) in [6.45, 7) is 12.4. The van der Waals surface area contributed by atoms with Crippen molar-refractivity contribution < 1.29 is 0 Å². The molecule has 68 valence electrons. The quantitative estimate of drug-likeness (QED) is 0.647. The van der Waals surface area contributed by atoms with Gasteiger partial charge in [-0.15, -0.1) is 0 Å². The predicted molar refractivity (Wildman–Crippen MR) is 51.8 cm³/mol. The lowest BCUT2D eigenvalue weighted by Crippen LogP contribution is -2.40. The molecule has 0 fully saturated rings. The molecule has 0 aliphatic rings. The van der Waals surface area contributed by atoms with Crippen molar-refractivity contribution in [3.05, 3.63) is 0 Å². The molecule has 0 radical (unpaired) electrons. The van der Waals surface area contributed by atoms with Crippen LogP contribution in [0.25, 0.3) is 0 Å². The van der Waals surface area contributed by atoms with Crippen LogP contribution in [0.1, 0.15) is 47.5 Å².